The fourth-order valence-electron chi connectivity index (χ4n) is 3.05. The molecule has 0 radical (unpaired) electrons. The third-order valence-corrected chi connectivity index (χ3v) is 4.72. The standard InChI is InChI=1S/C18H18ClN3O3/c1-2-11-6-15-13(8-14(11)19)18(25)22(10-21-15)9-12(23)7-16-17(24)4-3-5-20-16/h1,6,8,10,16-17,20,24H,3-5,7,9H2/t16-,17+/m0/s1. The van der Waals surface area contributed by atoms with Crippen LogP contribution in [0.25, 0.3) is 10.9 Å². The van der Waals surface area contributed by atoms with Crippen molar-refractivity contribution in [3.05, 3.63) is 39.4 Å². The largest absolute Gasteiger partial charge is 0.391 e. The van der Waals surface area contributed by atoms with Crippen molar-refractivity contribution in [1.29, 1.82) is 0 Å². The van der Waals surface area contributed by atoms with Gasteiger partial charge in [0.2, 0.25) is 0 Å². The van der Waals surface area contributed by atoms with Crippen LogP contribution in [0.15, 0.2) is 23.3 Å². The van der Waals surface area contributed by atoms with Gasteiger partial charge in [0.05, 0.1) is 34.9 Å². The van der Waals surface area contributed by atoms with Gasteiger partial charge in [0.1, 0.15) is 0 Å². The van der Waals surface area contributed by atoms with Gasteiger partial charge in [-0.3, -0.25) is 14.2 Å². The number of carbonyl (C=O) groups is 1. The maximum atomic E-state index is 12.6. The van der Waals surface area contributed by atoms with Gasteiger partial charge in [-0.2, -0.15) is 0 Å². The van der Waals surface area contributed by atoms with Crippen molar-refractivity contribution >= 4 is 28.3 Å². The number of halogens is 1. The summed E-state index contributed by atoms with van der Waals surface area (Å²) < 4.78 is 1.26. The molecule has 1 aromatic heterocycles. The maximum Gasteiger partial charge on any atom is 0.261 e. The van der Waals surface area contributed by atoms with E-state index in [1.54, 1.807) is 6.07 Å². The van der Waals surface area contributed by atoms with Gasteiger partial charge in [0.25, 0.3) is 5.56 Å². The van der Waals surface area contributed by atoms with E-state index in [9.17, 15) is 14.7 Å². The van der Waals surface area contributed by atoms with E-state index in [1.165, 1.54) is 17.0 Å². The lowest BCUT2D eigenvalue weighted by Crippen LogP contribution is -2.46. The molecule has 2 aromatic rings. The molecule has 2 N–H and O–H groups in total. The fourth-order valence-corrected chi connectivity index (χ4v) is 3.26. The summed E-state index contributed by atoms with van der Waals surface area (Å²) in [6.07, 6.45) is 7.89. The van der Waals surface area contributed by atoms with Crippen LogP contribution in [0, 0.1) is 12.3 Å². The molecule has 2 heterocycles. The van der Waals surface area contributed by atoms with E-state index in [0.29, 0.717) is 27.9 Å². The Balaban J connectivity index is 1.82. The first-order chi connectivity index (χ1) is 12.0. The zero-order valence-electron chi connectivity index (χ0n) is 13.5. The Morgan fingerprint density at radius 3 is 3.04 bits per heavy atom. The molecule has 1 saturated heterocycles. The van der Waals surface area contributed by atoms with Crippen LogP contribution < -0.4 is 10.9 Å². The summed E-state index contributed by atoms with van der Waals surface area (Å²) in [6.45, 7) is 0.684. The second kappa shape index (κ2) is 7.36. The summed E-state index contributed by atoms with van der Waals surface area (Å²) in [5.74, 6) is 2.29. The molecule has 0 aliphatic carbocycles. The van der Waals surface area contributed by atoms with E-state index in [1.807, 2.05) is 0 Å². The number of terminal acetylenes is 1. The van der Waals surface area contributed by atoms with E-state index in [-0.39, 0.29) is 30.3 Å². The van der Waals surface area contributed by atoms with Crippen LogP contribution in [-0.4, -0.2) is 39.1 Å². The highest BCUT2D eigenvalue weighted by Crippen LogP contribution is 2.20. The summed E-state index contributed by atoms with van der Waals surface area (Å²) in [5, 5.41) is 13.7. The van der Waals surface area contributed by atoms with Crippen LogP contribution in [0.4, 0.5) is 0 Å². The van der Waals surface area contributed by atoms with Crippen molar-refractivity contribution in [2.24, 2.45) is 0 Å². The van der Waals surface area contributed by atoms with E-state index in [4.69, 9.17) is 18.0 Å². The van der Waals surface area contributed by atoms with E-state index in [2.05, 4.69) is 16.2 Å². The number of Topliss-reactive ketones (excluding diaryl/α,β-unsaturated/α-hetero) is 1. The number of carbonyl (C=O) groups excluding carboxylic acids is 1. The second-order valence-corrected chi connectivity index (χ2v) is 6.59. The van der Waals surface area contributed by atoms with Crippen LogP contribution in [-0.2, 0) is 11.3 Å². The van der Waals surface area contributed by atoms with Crippen molar-refractivity contribution in [1.82, 2.24) is 14.9 Å². The number of fused-ring (bicyclic) bond motifs is 1. The fraction of sp³-hybridized carbons (Fsp3) is 0.389. The number of hydrogen-bond donors (Lipinski definition) is 2. The lowest BCUT2D eigenvalue weighted by atomic mass is 9.97. The van der Waals surface area contributed by atoms with E-state index < -0.39 is 6.10 Å². The maximum absolute atomic E-state index is 12.6. The van der Waals surface area contributed by atoms with Crippen LogP contribution in [0.5, 0.6) is 0 Å². The molecule has 25 heavy (non-hydrogen) atoms. The predicted molar refractivity (Wildman–Crippen MR) is 95.6 cm³/mol. The minimum atomic E-state index is -0.537. The second-order valence-electron chi connectivity index (χ2n) is 6.18. The number of hydrogen-bond acceptors (Lipinski definition) is 5. The monoisotopic (exact) mass is 359 g/mol. The minimum absolute atomic E-state index is 0.0960. The first kappa shape index (κ1) is 17.6. The lowest BCUT2D eigenvalue weighted by Gasteiger charge is -2.28. The number of benzene rings is 1. The normalized spacial score (nSPS) is 20.4. The molecule has 1 aromatic carbocycles. The van der Waals surface area contributed by atoms with Crippen molar-refractivity contribution in [3.8, 4) is 12.3 Å². The first-order valence-electron chi connectivity index (χ1n) is 8.08. The number of nitrogens with one attached hydrogen (secondary N) is 1. The Morgan fingerprint density at radius 1 is 1.52 bits per heavy atom. The van der Waals surface area contributed by atoms with E-state index >= 15 is 0 Å². The third-order valence-electron chi connectivity index (χ3n) is 4.41. The quantitative estimate of drug-likeness (QED) is 0.799. The molecule has 0 amide bonds. The highest BCUT2D eigenvalue weighted by molar-refractivity contribution is 6.32. The van der Waals surface area contributed by atoms with Gasteiger partial charge in [-0.25, -0.2) is 4.98 Å². The third kappa shape index (κ3) is 3.74. The molecule has 0 bridgehead atoms. The molecule has 1 fully saturated rings. The average Bonchev–Trinajstić information content (AvgIpc) is 2.59. The number of nitrogens with zero attached hydrogens (tertiary/aromatic N) is 2. The van der Waals surface area contributed by atoms with Gasteiger partial charge in [0, 0.05) is 18.0 Å². The van der Waals surface area contributed by atoms with Gasteiger partial charge < -0.3 is 10.4 Å². The zero-order valence-corrected chi connectivity index (χ0v) is 14.3. The number of piperidine rings is 1. The van der Waals surface area contributed by atoms with Gasteiger partial charge in [0.15, 0.2) is 5.78 Å². The number of rotatable bonds is 4. The molecule has 0 spiro atoms. The highest BCUT2D eigenvalue weighted by Gasteiger charge is 2.25. The molecule has 3 rings (SSSR count). The van der Waals surface area contributed by atoms with Crippen molar-refractivity contribution in [2.45, 2.75) is 38.0 Å². The van der Waals surface area contributed by atoms with Gasteiger partial charge in [-0.15, -0.1) is 6.42 Å². The SMILES string of the molecule is C#Cc1cc2ncn(CC(=O)C[C@@H]3NCCC[C@H]3O)c(=O)c2cc1Cl. The van der Waals surface area contributed by atoms with Gasteiger partial charge in [-0.1, -0.05) is 17.5 Å². The van der Waals surface area contributed by atoms with Crippen LogP contribution in [0.1, 0.15) is 24.8 Å². The predicted octanol–water partition coefficient (Wildman–Crippen LogP) is 1.10. The molecular formula is C18H18ClN3O3. The van der Waals surface area contributed by atoms with Gasteiger partial charge >= 0.3 is 0 Å². The molecule has 7 heteroatoms. The molecule has 2 atom stereocenters. The van der Waals surface area contributed by atoms with Crippen LogP contribution >= 0.6 is 11.6 Å². The molecule has 0 saturated carbocycles. The minimum Gasteiger partial charge on any atom is -0.391 e. The van der Waals surface area contributed by atoms with Crippen LogP contribution in [0.2, 0.25) is 5.02 Å². The summed E-state index contributed by atoms with van der Waals surface area (Å²) in [4.78, 5) is 29.1. The smallest absolute Gasteiger partial charge is 0.261 e. The number of aromatic nitrogens is 2. The lowest BCUT2D eigenvalue weighted by molar-refractivity contribution is -0.121. The van der Waals surface area contributed by atoms with Crippen LogP contribution in [0.3, 0.4) is 0 Å². The molecule has 1 aliphatic heterocycles. The summed E-state index contributed by atoms with van der Waals surface area (Å²) in [5.41, 5.74) is 0.559. The molecular weight excluding hydrogens is 342 g/mol. The number of aliphatic hydroxyl groups excluding tert-OH is 1. The van der Waals surface area contributed by atoms with E-state index in [0.717, 1.165) is 13.0 Å². The Hall–Kier alpha value is -2.20. The Bertz CT molecular complexity index is 916. The van der Waals surface area contributed by atoms with Crippen molar-refractivity contribution in [2.75, 3.05) is 6.54 Å². The number of ketones is 1. The highest BCUT2D eigenvalue weighted by atomic mass is 35.5. The topological polar surface area (TPSA) is 84.2 Å². The Labute approximate surface area is 149 Å². The molecule has 130 valence electrons. The zero-order chi connectivity index (χ0) is 18.0. The molecule has 0 unspecified atom stereocenters. The summed E-state index contributed by atoms with van der Waals surface area (Å²) >= 11 is 6.06. The Morgan fingerprint density at radius 2 is 2.32 bits per heavy atom. The van der Waals surface area contributed by atoms with Crippen molar-refractivity contribution < 1.29 is 9.90 Å². The molecule has 6 nitrogen and oxygen atoms in total. The number of aliphatic hydroxyl groups is 1. The average molecular weight is 360 g/mol. The summed E-state index contributed by atoms with van der Waals surface area (Å²) in [6, 6.07) is 2.79. The van der Waals surface area contributed by atoms with Crippen molar-refractivity contribution in [3.63, 3.8) is 0 Å². The Kier molecular flexibility index (Phi) is 5.19. The first-order valence-corrected chi connectivity index (χ1v) is 8.46. The molecule has 1 aliphatic rings. The van der Waals surface area contributed by atoms with Gasteiger partial charge in [-0.05, 0) is 31.5 Å². The summed E-state index contributed by atoms with van der Waals surface area (Å²) in [7, 11) is 0.